The third kappa shape index (κ3) is 4.06. The van der Waals surface area contributed by atoms with Gasteiger partial charge in [0, 0.05) is 29.2 Å². The van der Waals surface area contributed by atoms with Gasteiger partial charge >= 0.3 is 0 Å². The molecule has 110 valence electrons. The summed E-state index contributed by atoms with van der Waals surface area (Å²) in [5.41, 5.74) is 1.88. The molecule has 0 spiro atoms. The van der Waals surface area contributed by atoms with Gasteiger partial charge in [-0.25, -0.2) is 0 Å². The first-order valence-electron chi connectivity index (χ1n) is 7.39. The summed E-state index contributed by atoms with van der Waals surface area (Å²) in [6, 6.07) is 6.08. The number of hydrogen-bond acceptors (Lipinski definition) is 2. The fourth-order valence-corrected chi connectivity index (χ4v) is 3.00. The number of carbonyl (C=O) groups is 1. The van der Waals surface area contributed by atoms with E-state index in [0.29, 0.717) is 6.04 Å². The topological polar surface area (TPSA) is 32.3 Å². The molecule has 1 aromatic rings. The van der Waals surface area contributed by atoms with Crippen molar-refractivity contribution >= 4 is 21.8 Å². The first kappa shape index (κ1) is 15.5. The maximum absolute atomic E-state index is 12.2. The molecule has 0 radical (unpaired) electrons. The van der Waals surface area contributed by atoms with E-state index >= 15 is 0 Å². The number of benzene rings is 1. The van der Waals surface area contributed by atoms with Gasteiger partial charge in [-0.05, 0) is 50.4 Å². The number of nitrogens with one attached hydrogen (secondary N) is 1. The third-order valence-electron chi connectivity index (χ3n) is 3.90. The van der Waals surface area contributed by atoms with Gasteiger partial charge in [-0.2, -0.15) is 0 Å². The Hall–Kier alpha value is -0.870. The minimum atomic E-state index is 0.0413. The maximum Gasteiger partial charge on any atom is 0.251 e. The quantitative estimate of drug-likeness (QED) is 0.912. The van der Waals surface area contributed by atoms with Gasteiger partial charge in [0.2, 0.25) is 0 Å². The van der Waals surface area contributed by atoms with Crippen molar-refractivity contribution < 1.29 is 4.79 Å². The Balaban J connectivity index is 1.87. The molecule has 0 atom stereocenters. The summed E-state index contributed by atoms with van der Waals surface area (Å²) in [6.45, 7) is 7.59. The van der Waals surface area contributed by atoms with Gasteiger partial charge in [-0.1, -0.05) is 28.9 Å². The second-order valence-corrected chi connectivity index (χ2v) is 6.41. The highest BCUT2D eigenvalue weighted by Crippen LogP contribution is 2.18. The number of amides is 1. The predicted octanol–water partition coefficient (Wildman–Crippen LogP) is 3.36. The molecule has 1 heterocycles. The number of rotatable bonds is 4. The fraction of sp³-hybridized carbons (Fsp3) is 0.562. The second-order valence-electron chi connectivity index (χ2n) is 5.55. The Morgan fingerprint density at radius 3 is 2.70 bits per heavy atom. The van der Waals surface area contributed by atoms with Crippen molar-refractivity contribution in [3.05, 3.63) is 33.8 Å². The molecule has 3 nitrogen and oxygen atoms in total. The van der Waals surface area contributed by atoms with Crippen LogP contribution >= 0.6 is 15.9 Å². The number of hydrogen-bond donors (Lipinski definition) is 1. The first-order chi connectivity index (χ1) is 9.60. The van der Waals surface area contributed by atoms with Crippen LogP contribution in [0.25, 0.3) is 0 Å². The van der Waals surface area contributed by atoms with Crippen LogP contribution in [0.3, 0.4) is 0 Å². The van der Waals surface area contributed by atoms with Gasteiger partial charge in [0.05, 0.1) is 0 Å². The zero-order valence-electron chi connectivity index (χ0n) is 12.3. The van der Waals surface area contributed by atoms with Crippen molar-refractivity contribution in [1.82, 2.24) is 10.2 Å². The number of nitrogens with zero attached hydrogens (tertiary/aromatic N) is 1. The molecule has 1 aliphatic rings. The van der Waals surface area contributed by atoms with E-state index in [1.165, 1.54) is 13.0 Å². The van der Waals surface area contributed by atoms with Gasteiger partial charge in [-0.3, -0.25) is 4.79 Å². The highest BCUT2D eigenvalue weighted by Gasteiger charge is 2.20. The second kappa shape index (κ2) is 7.23. The standard InChI is InChI=1S/C16H23BrN2O/c1-3-8-19-9-6-14(7-10-19)18-16(20)13-5-4-12(2)15(17)11-13/h4-5,11,14H,3,6-10H2,1-2H3,(H,18,20). The van der Waals surface area contributed by atoms with E-state index in [1.807, 2.05) is 25.1 Å². The van der Waals surface area contributed by atoms with Crippen LogP contribution in [0.1, 0.15) is 42.1 Å². The normalized spacial score (nSPS) is 17.1. The molecular formula is C16H23BrN2O. The lowest BCUT2D eigenvalue weighted by molar-refractivity contribution is 0.0911. The van der Waals surface area contributed by atoms with E-state index in [2.05, 4.69) is 33.1 Å². The van der Waals surface area contributed by atoms with Crippen molar-refractivity contribution in [1.29, 1.82) is 0 Å². The van der Waals surface area contributed by atoms with E-state index < -0.39 is 0 Å². The minimum absolute atomic E-state index is 0.0413. The molecule has 1 aromatic carbocycles. The zero-order valence-corrected chi connectivity index (χ0v) is 13.9. The number of likely N-dealkylation sites (tertiary alicyclic amines) is 1. The van der Waals surface area contributed by atoms with Crippen LogP contribution in [0.4, 0.5) is 0 Å². The highest BCUT2D eigenvalue weighted by molar-refractivity contribution is 9.10. The number of aryl methyl sites for hydroxylation is 1. The lowest BCUT2D eigenvalue weighted by Crippen LogP contribution is -2.44. The van der Waals surface area contributed by atoms with E-state index in [-0.39, 0.29) is 5.91 Å². The molecule has 0 unspecified atom stereocenters. The summed E-state index contributed by atoms with van der Waals surface area (Å²) >= 11 is 3.48. The monoisotopic (exact) mass is 338 g/mol. The van der Waals surface area contributed by atoms with E-state index in [0.717, 1.165) is 41.5 Å². The first-order valence-corrected chi connectivity index (χ1v) is 8.19. The van der Waals surface area contributed by atoms with E-state index in [1.54, 1.807) is 0 Å². The molecule has 2 rings (SSSR count). The lowest BCUT2D eigenvalue weighted by atomic mass is 10.0. The Morgan fingerprint density at radius 2 is 2.10 bits per heavy atom. The number of carbonyl (C=O) groups excluding carboxylic acids is 1. The van der Waals surface area contributed by atoms with Crippen molar-refractivity contribution in [3.8, 4) is 0 Å². The van der Waals surface area contributed by atoms with Gasteiger partial charge in [0.1, 0.15) is 0 Å². The molecule has 1 fully saturated rings. The van der Waals surface area contributed by atoms with Crippen LogP contribution in [-0.4, -0.2) is 36.5 Å². The van der Waals surface area contributed by atoms with E-state index in [9.17, 15) is 4.79 Å². The fourth-order valence-electron chi connectivity index (χ4n) is 2.62. The predicted molar refractivity (Wildman–Crippen MR) is 86.1 cm³/mol. The lowest BCUT2D eigenvalue weighted by Gasteiger charge is -2.32. The average Bonchev–Trinajstić information content (AvgIpc) is 2.44. The van der Waals surface area contributed by atoms with Crippen LogP contribution in [0.2, 0.25) is 0 Å². The Kier molecular flexibility index (Phi) is 5.61. The van der Waals surface area contributed by atoms with Crippen LogP contribution in [-0.2, 0) is 0 Å². The number of piperidine rings is 1. The molecule has 0 aromatic heterocycles. The summed E-state index contributed by atoms with van der Waals surface area (Å²) in [5.74, 6) is 0.0413. The van der Waals surface area contributed by atoms with Crippen molar-refractivity contribution in [2.45, 2.75) is 39.2 Å². The molecule has 20 heavy (non-hydrogen) atoms. The zero-order chi connectivity index (χ0) is 14.5. The van der Waals surface area contributed by atoms with Crippen molar-refractivity contribution in [2.24, 2.45) is 0 Å². The van der Waals surface area contributed by atoms with Crippen molar-refractivity contribution in [2.75, 3.05) is 19.6 Å². The Labute approximate surface area is 129 Å². The molecule has 0 bridgehead atoms. The van der Waals surface area contributed by atoms with Crippen LogP contribution < -0.4 is 5.32 Å². The summed E-state index contributed by atoms with van der Waals surface area (Å²) in [4.78, 5) is 14.7. The number of halogens is 1. The van der Waals surface area contributed by atoms with Crippen LogP contribution in [0.15, 0.2) is 22.7 Å². The van der Waals surface area contributed by atoms with Gasteiger partial charge in [-0.15, -0.1) is 0 Å². The summed E-state index contributed by atoms with van der Waals surface area (Å²) in [5, 5.41) is 3.16. The maximum atomic E-state index is 12.2. The molecule has 4 heteroatoms. The summed E-state index contributed by atoms with van der Waals surface area (Å²) in [6.07, 6.45) is 3.31. The molecule has 1 aliphatic heterocycles. The Morgan fingerprint density at radius 1 is 1.40 bits per heavy atom. The summed E-state index contributed by atoms with van der Waals surface area (Å²) in [7, 11) is 0. The SMILES string of the molecule is CCCN1CCC(NC(=O)c2ccc(C)c(Br)c2)CC1. The van der Waals surface area contributed by atoms with Crippen molar-refractivity contribution in [3.63, 3.8) is 0 Å². The smallest absolute Gasteiger partial charge is 0.251 e. The summed E-state index contributed by atoms with van der Waals surface area (Å²) < 4.78 is 0.989. The van der Waals surface area contributed by atoms with E-state index in [4.69, 9.17) is 0 Å². The largest absolute Gasteiger partial charge is 0.349 e. The molecule has 0 aliphatic carbocycles. The molecule has 0 saturated carbocycles. The van der Waals surface area contributed by atoms with Gasteiger partial charge < -0.3 is 10.2 Å². The van der Waals surface area contributed by atoms with Crippen LogP contribution in [0.5, 0.6) is 0 Å². The molecule has 1 N–H and O–H groups in total. The molecule has 1 amide bonds. The van der Waals surface area contributed by atoms with Crippen LogP contribution in [0, 0.1) is 6.92 Å². The molecule has 1 saturated heterocycles. The molecular weight excluding hydrogens is 316 g/mol. The third-order valence-corrected chi connectivity index (χ3v) is 4.75. The average molecular weight is 339 g/mol. The Bertz CT molecular complexity index is 468. The van der Waals surface area contributed by atoms with Gasteiger partial charge in [0.25, 0.3) is 5.91 Å². The minimum Gasteiger partial charge on any atom is -0.349 e. The highest BCUT2D eigenvalue weighted by atomic mass is 79.9. The van der Waals surface area contributed by atoms with Gasteiger partial charge in [0.15, 0.2) is 0 Å².